The fraction of sp³-hybridized carbons (Fsp3) is 0.357. The first kappa shape index (κ1) is 13.8. The molecule has 1 aromatic rings. The van der Waals surface area contributed by atoms with E-state index in [-0.39, 0.29) is 5.91 Å². The van der Waals surface area contributed by atoms with E-state index in [0.717, 1.165) is 12.2 Å². The summed E-state index contributed by atoms with van der Waals surface area (Å²) in [5.41, 5.74) is 1.21. The maximum atomic E-state index is 10.7. The van der Waals surface area contributed by atoms with E-state index < -0.39 is 0 Å². The van der Waals surface area contributed by atoms with Gasteiger partial charge < -0.3 is 5.32 Å². The first-order valence-corrected chi connectivity index (χ1v) is 6.84. The highest BCUT2D eigenvalue weighted by molar-refractivity contribution is 7.99. The van der Waals surface area contributed by atoms with Gasteiger partial charge in [-0.05, 0) is 29.9 Å². The maximum absolute atomic E-state index is 10.7. The average Bonchev–Trinajstić information content (AvgIpc) is 2.29. The van der Waals surface area contributed by atoms with Gasteiger partial charge in [-0.1, -0.05) is 31.2 Å². The molecule has 1 N–H and O–H groups in total. The number of thioether (sulfide) groups is 1. The van der Waals surface area contributed by atoms with Gasteiger partial charge in [0.05, 0.1) is 0 Å². The van der Waals surface area contributed by atoms with Crippen molar-refractivity contribution in [1.82, 2.24) is 5.32 Å². The van der Waals surface area contributed by atoms with Crippen molar-refractivity contribution in [2.75, 3.05) is 12.3 Å². The van der Waals surface area contributed by atoms with Crippen molar-refractivity contribution in [1.29, 1.82) is 0 Å². The third kappa shape index (κ3) is 6.17. The van der Waals surface area contributed by atoms with E-state index >= 15 is 0 Å². The predicted octanol–water partition coefficient (Wildman–Crippen LogP) is 3.34. The lowest BCUT2D eigenvalue weighted by molar-refractivity contribution is -0.118. The molecule has 2 nitrogen and oxygen atoms in total. The molecule has 17 heavy (non-hydrogen) atoms. The van der Waals surface area contributed by atoms with E-state index in [1.807, 2.05) is 11.8 Å². The summed E-state index contributed by atoms with van der Waals surface area (Å²) in [4.78, 5) is 12.0. The summed E-state index contributed by atoms with van der Waals surface area (Å²) in [6.07, 6.45) is 5.05. The zero-order valence-corrected chi connectivity index (χ0v) is 11.2. The minimum Gasteiger partial charge on any atom is -0.356 e. The van der Waals surface area contributed by atoms with Gasteiger partial charge in [-0.15, -0.1) is 11.8 Å². The molecule has 1 aromatic carbocycles. The highest BCUT2D eigenvalue weighted by Crippen LogP contribution is 2.19. The Hall–Kier alpha value is -1.22. The lowest BCUT2D eigenvalue weighted by Crippen LogP contribution is -2.20. The maximum Gasteiger partial charge on any atom is 0.216 e. The van der Waals surface area contributed by atoms with Crippen LogP contribution in [0.4, 0.5) is 0 Å². The van der Waals surface area contributed by atoms with Crippen LogP contribution in [0.15, 0.2) is 35.2 Å². The zero-order valence-electron chi connectivity index (χ0n) is 10.4. The predicted molar refractivity (Wildman–Crippen MR) is 75.2 cm³/mol. The van der Waals surface area contributed by atoms with Crippen LogP contribution >= 0.6 is 11.8 Å². The Bertz CT molecular complexity index is 388. The van der Waals surface area contributed by atoms with Crippen molar-refractivity contribution in [2.45, 2.75) is 25.2 Å². The van der Waals surface area contributed by atoms with Gasteiger partial charge in [-0.2, -0.15) is 0 Å². The number of carbonyl (C=O) groups is 1. The molecule has 3 heteroatoms. The number of rotatable bonds is 6. The molecule has 0 heterocycles. The lowest BCUT2D eigenvalue weighted by Gasteiger charge is -2.00. The van der Waals surface area contributed by atoms with E-state index in [4.69, 9.17) is 0 Å². The molecule has 0 spiro atoms. The number of benzene rings is 1. The van der Waals surface area contributed by atoms with Gasteiger partial charge in [0.1, 0.15) is 0 Å². The van der Waals surface area contributed by atoms with Crippen molar-refractivity contribution < 1.29 is 4.79 Å². The second-order valence-corrected chi connectivity index (χ2v) is 5.02. The minimum atomic E-state index is 0.0275. The molecule has 0 atom stereocenters. The topological polar surface area (TPSA) is 29.1 Å². The quantitative estimate of drug-likeness (QED) is 0.619. The molecule has 0 aromatic heterocycles. The SMILES string of the molecule is CCSc1cccc(C=CCCNC(C)=O)c1. The third-order valence-electron chi connectivity index (χ3n) is 2.16. The summed E-state index contributed by atoms with van der Waals surface area (Å²) in [7, 11) is 0. The van der Waals surface area contributed by atoms with Crippen LogP contribution in [0.25, 0.3) is 6.08 Å². The number of carbonyl (C=O) groups excluding carboxylic acids is 1. The second-order valence-electron chi connectivity index (χ2n) is 3.68. The molecule has 0 saturated heterocycles. The molecule has 0 unspecified atom stereocenters. The fourth-order valence-electron chi connectivity index (χ4n) is 1.43. The molecule has 0 fully saturated rings. The van der Waals surface area contributed by atoms with Crippen molar-refractivity contribution in [2.24, 2.45) is 0 Å². The Morgan fingerprint density at radius 2 is 2.29 bits per heavy atom. The van der Waals surface area contributed by atoms with E-state index in [2.05, 4.69) is 48.7 Å². The molecule has 1 amide bonds. The Kier molecular flexibility index (Phi) is 6.48. The van der Waals surface area contributed by atoms with Gasteiger partial charge in [0, 0.05) is 18.4 Å². The van der Waals surface area contributed by atoms with Crippen LogP contribution < -0.4 is 5.32 Å². The summed E-state index contributed by atoms with van der Waals surface area (Å²) in [6.45, 7) is 4.39. The molecule has 0 aliphatic carbocycles. The Morgan fingerprint density at radius 3 is 3.00 bits per heavy atom. The van der Waals surface area contributed by atoms with Gasteiger partial charge in [-0.25, -0.2) is 0 Å². The van der Waals surface area contributed by atoms with Crippen LogP contribution in [0.2, 0.25) is 0 Å². The molecule has 0 bridgehead atoms. The molecular formula is C14H19NOS. The molecule has 0 aliphatic rings. The summed E-state index contributed by atoms with van der Waals surface area (Å²) in [5, 5.41) is 2.77. The first-order valence-electron chi connectivity index (χ1n) is 5.86. The summed E-state index contributed by atoms with van der Waals surface area (Å²) in [5.74, 6) is 1.12. The molecule has 0 radical (unpaired) electrons. The first-order chi connectivity index (χ1) is 8.22. The van der Waals surface area contributed by atoms with Crippen LogP contribution in [0.3, 0.4) is 0 Å². The highest BCUT2D eigenvalue weighted by Gasteiger charge is 1.92. The van der Waals surface area contributed by atoms with Gasteiger partial charge >= 0.3 is 0 Å². The van der Waals surface area contributed by atoms with Gasteiger partial charge in [0.2, 0.25) is 5.91 Å². The van der Waals surface area contributed by atoms with Crippen LogP contribution in [0, 0.1) is 0 Å². The van der Waals surface area contributed by atoms with Crippen LogP contribution in [-0.4, -0.2) is 18.2 Å². The van der Waals surface area contributed by atoms with Gasteiger partial charge in [0.15, 0.2) is 0 Å². The van der Waals surface area contributed by atoms with E-state index in [1.54, 1.807) is 0 Å². The summed E-state index contributed by atoms with van der Waals surface area (Å²) in [6, 6.07) is 8.48. The molecule has 0 saturated carbocycles. The number of amides is 1. The summed E-state index contributed by atoms with van der Waals surface area (Å²) < 4.78 is 0. The van der Waals surface area contributed by atoms with Crippen LogP contribution in [0.5, 0.6) is 0 Å². The normalized spacial score (nSPS) is 10.7. The van der Waals surface area contributed by atoms with Crippen LogP contribution in [-0.2, 0) is 4.79 Å². The largest absolute Gasteiger partial charge is 0.356 e. The monoisotopic (exact) mass is 249 g/mol. The standard InChI is InChI=1S/C14H19NOS/c1-3-17-14-9-6-8-13(11-14)7-4-5-10-15-12(2)16/h4,6-9,11H,3,5,10H2,1-2H3,(H,15,16). The van der Waals surface area contributed by atoms with Gasteiger partial charge in [0.25, 0.3) is 0 Å². The second kappa shape index (κ2) is 7.96. The van der Waals surface area contributed by atoms with Crippen molar-refractivity contribution >= 4 is 23.7 Å². The Labute approximate surface area is 107 Å². The van der Waals surface area contributed by atoms with E-state index in [1.165, 1.54) is 17.4 Å². The van der Waals surface area contributed by atoms with Crippen molar-refractivity contribution in [3.8, 4) is 0 Å². The van der Waals surface area contributed by atoms with E-state index in [9.17, 15) is 4.79 Å². The Balaban J connectivity index is 2.42. The molecular weight excluding hydrogens is 230 g/mol. The third-order valence-corrected chi connectivity index (χ3v) is 3.04. The molecule has 0 aliphatic heterocycles. The Morgan fingerprint density at radius 1 is 1.47 bits per heavy atom. The molecule has 92 valence electrons. The number of hydrogen-bond acceptors (Lipinski definition) is 2. The van der Waals surface area contributed by atoms with E-state index in [0.29, 0.717) is 6.54 Å². The van der Waals surface area contributed by atoms with Crippen molar-refractivity contribution in [3.63, 3.8) is 0 Å². The smallest absolute Gasteiger partial charge is 0.216 e. The minimum absolute atomic E-state index is 0.0275. The number of hydrogen-bond donors (Lipinski definition) is 1. The lowest BCUT2D eigenvalue weighted by atomic mass is 10.2. The zero-order chi connectivity index (χ0) is 12.5. The fourth-order valence-corrected chi connectivity index (χ4v) is 2.15. The van der Waals surface area contributed by atoms with Gasteiger partial charge in [-0.3, -0.25) is 4.79 Å². The van der Waals surface area contributed by atoms with Crippen molar-refractivity contribution in [3.05, 3.63) is 35.9 Å². The molecule has 1 rings (SSSR count). The average molecular weight is 249 g/mol. The summed E-state index contributed by atoms with van der Waals surface area (Å²) >= 11 is 1.85. The highest BCUT2D eigenvalue weighted by atomic mass is 32.2. The number of nitrogens with one attached hydrogen (secondary N) is 1. The van der Waals surface area contributed by atoms with Crippen LogP contribution in [0.1, 0.15) is 25.8 Å².